The Bertz CT molecular complexity index is 821. The van der Waals surface area contributed by atoms with Gasteiger partial charge in [0.2, 0.25) is 12.7 Å². The Morgan fingerprint density at radius 3 is 3.00 bits per heavy atom. The van der Waals surface area contributed by atoms with Crippen LogP contribution in [0.15, 0.2) is 22.7 Å². The van der Waals surface area contributed by atoms with E-state index < -0.39 is 5.91 Å². The maximum atomic E-state index is 11.1. The maximum absolute atomic E-state index is 11.1. The minimum absolute atomic E-state index is 0.0693. The molecule has 3 heterocycles. The van der Waals surface area contributed by atoms with Gasteiger partial charge in [0.1, 0.15) is 0 Å². The van der Waals surface area contributed by atoms with Gasteiger partial charge in [-0.2, -0.15) is 4.98 Å². The molecule has 4 rings (SSSR count). The van der Waals surface area contributed by atoms with Crippen LogP contribution in [-0.4, -0.2) is 40.8 Å². The van der Waals surface area contributed by atoms with Gasteiger partial charge in [-0.1, -0.05) is 18.1 Å². The van der Waals surface area contributed by atoms with E-state index in [0.29, 0.717) is 19.2 Å². The highest BCUT2D eigenvalue weighted by Crippen LogP contribution is 2.37. The summed E-state index contributed by atoms with van der Waals surface area (Å²) in [5, 5.41) is 3.61. The standard InChI is InChI=1S/C18H22N4O4/c1-18(8-12-3-4-13-14(7-12)25-11-24-13)5-2-6-22(10-18)9-15-20-17(16(19)23)21-26-15/h3-4,7H,2,5-6,8-11H2,1H3,(H2,19,23)/t18-/m1/s1. The molecule has 2 N–H and O–H groups in total. The summed E-state index contributed by atoms with van der Waals surface area (Å²) in [5.41, 5.74) is 6.55. The van der Waals surface area contributed by atoms with E-state index in [4.69, 9.17) is 19.7 Å². The van der Waals surface area contributed by atoms with Crippen LogP contribution in [0.2, 0.25) is 0 Å². The van der Waals surface area contributed by atoms with E-state index in [1.807, 2.05) is 6.07 Å². The third-order valence-electron chi connectivity index (χ3n) is 4.98. The first-order chi connectivity index (χ1) is 12.5. The summed E-state index contributed by atoms with van der Waals surface area (Å²) in [5.74, 6) is 1.31. The highest BCUT2D eigenvalue weighted by molar-refractivity contribution is 5.88. The molecule has 2 aliphatic rings. The van der Waals surface area contributed by atoms with E-state index in [-0.39, 0.29) is 11.2 Å². The summed E-state index contributed by atoms with van der Waals surface area (Å²) < 4.78 is 16.0. The molecule has 0 unspecified atom stereocenters. The highest BCUT2D eigenvalue weighted by atomic mass is 16.7. The lowest BCUT2D eigenvalue weighted by Gasteiger charge is -2.40. The van der Waals surface area contributed by atoms with E-state index in [0.717, 1.165) is 43.9 Å². The summed E-state index contributed by atoms with van der Waals surface area (Å²) >= 11 is 0. The Morgan fingerprint density at radius 1 is 1.35 bits per heavy atom. The van der Waals surface area contributed by atoms with Crippen LogP contribution in [-0.2, 0) is 13.0 Å². The Hall–Kier alpha value is -2.61. The van der Waals surface area contributed by atoms with Gasteiger partial charge in [-0.25, -0.2) is 0 Å². The lowest BCUT2D eigenvalue weighted by Crippen LogP contribution is -2.42. The van der Waals surface area contributed by atoms with Crippen molar-refractivity contribution in [1.29, 1.82) is 0 Å². The fourth-order valence-corrected chi connectivity index (χ4v) is 3.86. The molecule has 1 fully saturated rings. The van der Waals surface area contributed by atoms with Crippen LogP contribution in [0.3, 0.4) is 0 Å². The van der Waals surface area contributed by atoms with Crippen molar-refractivity contribution in [3.63, 3.8) is 0 Å². The summed E-state index contributed by atoms with van der Waals surface area (Å²) in [4.78, 5) is 17.4. The summed E-state index contributed by atoms with van der Waals surface area (Å²) in [6.45, 7) is 4.99. The number of ether oxygens (including phenoxy) is 2. The minimum atomic E-state index is -0.675. The monoisotopic (exact) mass is 358 g/mol. The number of piperidine rings is 1. The molecule has 0 bridgehead atoms. The summed E-state index contributed by atoms with van der Waals surface area (Å²) in [7, 11) is 0. The van der Waals surface area contributed by atoms with Crippen molar-refractivity contribution in [2.45, 2.75) is 32.7 Å². The van der Waals surface area contributed by atoms with Crippen LogP contribution in [0.25, 0.3) is 0 Å². The molecule has 1 amide bonds. The topological polar surface area (TPSA) is 104 Å². The SMILES string of the molecule is C[C@]1(Cc2ccc3c(c2)OCO3)CCCN(Cc2nc(C(N)=O)no2)C1. The number of benzene rings is 1. The average Bonchev–Trinajstić information content (AvgIpc) is 3.23. The van der Waals surface area contributed by atoms with Gasteiger partial charge in [-0.3, -0.25) is 9.69 Å². The third-order valence-corrected chi connectivity index (χ3v) is 4.98. The van der Waals surface area contributed by atoms with Crippen molar-refractivity contribution in [3.05, 3.63) is 35.5 Å². The lowest BCUT2D eigenvalue weighted by atomic mass is 9.77. The first-order valence-corrected chi connectivity index (χ1v) is 8.74. The van der Waals surface area contributed by atoms with Crippen molar-refractivity contribution >= 4 is 5.91 Å². The molecule has 1 atom stereocenters. The van der Waals surface area contributed by atoms with Crippen LogP contribution in [0.5, 0.6) is 11.5 Å². The second-order valence-electron chi connectivity index (χ2n) is 7.37. The number of carbonyl (C=O) groups is 1. The van der Waals surface area contributed by atoms with Crippen molar-refractivity contribution in [1.82, 2.24) is 15.0 Å². The van der Waals surface area contributed by atoms with E-state index >= 15 is 0 Å². The molecule has 1 aromatic heterocycles. The van der Waals surface area contributed by atoms with Crippen LogP contribution >= 0.6 is 0 Å². The zero-order chi connectivity index (χ0) is 18.1. The van der Waals surface area contributed by atoms with Gasteiger partial charge in [-0.15, -0.1) is 0 Å². The number of hydrogen-bond acceptors (Lipinski definition) is 7. The Labute approximate surface area is 151 Å². The molecule has 2 aliphatic heterocycles. The summed E-state index contributed by atoms with van der Waals surface area (Å²) in [6, 6.07) is 6.16. The van der Waals surface area contributed by atoms with E-state index in [9.17, 15) is 4.79 Å². The number of amides is 1. The fraction of sp³-hybridized carbons (Fsp3) is 0.500. The largest absolute Gasteiger partial charge is 0.454 e. The molecular weight excluding hydrogens is 336 g/mol. The van der Waals surface area contributed by atoms with Gasteiger partial charge in [0.25, 0.3) is 11.7 Å². The number of primary amides is 1. The van der Waals surface area contributed by atoms with Crippen molar-refractivity contribution in [2.75, 3.05) is 19.9 Å². The number of nitrogens with two attached hydrogens (primary N) is 1. The molecule has 0 saturated carbocycles. The van der Waals surface area contributed by atoms with Crippen LogP contribution < -0.4 is 15.2 Å². The summed E-state index contributed by atoms with van der Waals surface area (Å²) in [6.07, 6.45) is 3.20. The quantitative estimate of drug-likeness (QED) is 0.868. The predicted octanol–water partition coefficient (Wildman–Crippen LogP) is 1.74. The normalized spacial score (nSPS) is 22.5. The molecule has 0 aliphatic carbocycles. The molecule has 26 heavy (non-hydrogen) atoms. The minimum Gasteiger partial charge on any atom is -0.454 e. The highest BCUT2D eigenvalue weighted by Gasteiger charge is 2.32. The number of aromatic nitrogens is 2. The first kappa shape index (κ1) is 16.8. The van der Waals surface area contributed by atoms with Crippen molar-refractivity contribution in [2.24, 2.45) is 11.1 Å². The van der Waals surface area contributed by atoms with Gasteiger partial charge in [0, 0.05) is 6.54 Å². The zero-order valence-electron chi connectivity index (χ0n) is 14.7. The number of fused-ring (bicyclic) bond motifs is 1. The first-order valence-electron chi connectivity index (χ1n) is 8.74. The second-order valence-corrected chi connectivity index (χ2v) is 7.37. The number of rotatable bonds is 5. The van der Waals surface area contributed by atoms with Crippen LogP contribution in [0.1, 0.15) is 41.8 Å². The molecule has 138 valence electrons. The van der Waals surface area contributed by atoms with Gasteiger partial charge < -0.3 is 19.7 Å². The zero-order valence-corrected chi connectivity index (χ0v) is 14.7. The molecule has 1 saturated heterocycles. The molecule has 2 aromatic rings. The Balaban J connectivity index is 1.42. The Morgan fingerprint density at radius 2 is 2.19 bits per heavy atom. The van der Waals surface area contributed by atoms with E-state index in [2.05, 4.69) is 34.1 Å². The smallest absolute Gasteiger partial charge is 0.290 e. The van der Waals surface area contributed by atoms with Crippen molar-refractivity contribution in [3.8, 4) is 11.5 Å². The van der Waals surface area contributed by atoms with Crippen molar-refractivity contribution < 1.29 is 18.8 Å². The van der Waals surface area contributed by atoms with E-state index in [1.165, 1.54) is 5.56 Å². The third kappa shape index (κ3) is 3.50. The Kier molecular flexibility index (Phi) is 4.28. The maximum Gasteiger partial charge on any atom is 0.290 e. The van der Waals surface area contributed by atoms with E-state index in [1.54, 1.807) is 0 Å². The molecule has 1 aromatic carbocycles. The second kappa shape index (κ2) is 6.60. The van der Waals surface area contributed by atoms with Gasteiger partial charge in [-0.05, 0) is 48.9 Å². The van der Waals surface area contributed by atoms with Gasteiger partial charge >= 0.3 is 0 Å². The molecular formula is C18H22N4O4. The number of hydrogen-bond donors (Lipinski definition) is 1. The predicted molar refractivity (Wildman–Crippen MR) is 91.7 cm³/mol. The number of likely N-dealkylation sites (tertiary alicyclic amines) is 1. The number of nitrogens with zero attached hydrogens (tertiary/aromatic N) is 3. The number of carbonyl (C=O) groups excluding carboxylic acids is 1. The fourth-order valence-electron chi connectivity index (χ4n) is 3.86. The van der Waals surface area contributed by atoms with Gasteiger partial charge in [0.15, 0.2) is 11.5 Å². The molecule has 0 radical (unpaired) electrons. The van der Waals surface area contributed by atoms with Crippen LogP contribution in [0, 0.1) is 5.41 Å². The molecule has 8 heteroatoms. The van der Waals surface area contributed by atoms with Gasteiger partial charge in [0.05, 0.1) is 6.54 Å². The van der Waals surface area contributed by atoms with Crippen LogP contribution in [0.4, 0.5) is 0 Å². The lowest BCUT2D eigenvalue weighted by molar-refractivity contribution is 0.0876. The average molecular weight is 358 g/mol. The molecule has 0 spiro atoms. The molecule has 8 nitrogen and oxygen atoms in total.